The first kappa shape index (κ1) is 13.7. The van der Waals surface area contributed by atoms with Crippen molar-refractivity contribution in [1.29, 1.82) is 0 Å². The standard InChI is InChI=1S/C13H26O3P/c1-13(2)11-4-3-10(5-11)12(13)6-17(7-14,8-15)9-16/h10-12,14-16H,3-9H2,1-2H3/q+1/t10-,11+,12-/m1/s1. The van der Waals surface area contributed by atoms with Gasteiger partial charge in [-0.2, -0.15) is 0 Å². The molecule has 0 aromatic heterocycles. The molecular formula is C13H26O3P+. The average molecular weight is 261 g/mol. The van der Waals surface area contributed by atoms with Gasteiger partial charge in [0.25, 0.3) is 0 Å². The van der Waals surface area contributed by atoms with Gasteiger partial charge >= 0.3 is 0 Å². The molecule has 0 aliphatic heterocycles. The first-order chi connectivity index (χ1) is 7.99. The summed E-state index contributed by atoms with van der Waals surface area (Å²) in [5.41, 5.74) is 0.327. The fourth-order valence-electron chi connectivity index (χ4n) is 4.08. The summed E-state index contributed by atoms with van der Waals surface area (Å²) in [7, 11) is -1.93. The molecule has 0 unspecified atom stereocenters. The Kier molecular flexibility index (Phi) is 3.85. The van der Waals surface area contributed by atoms with Crippen LogP contribution in [0, 0.1) is 23.2 Å². The van der Waals surface area contributed by atoms with E-state index in [1.54, 1.807) is 0 Å². The van der Waals surface area contributed by atoms with Gasteiger partial charge < -0.3 is 15.3 Å². The second-order valence-electron chi connectivity index (χ2n) is 6.65. The third-order valence-corrected chi connectivity index (χ3v) is 8.50. The number of aliphatic hydroxyl groups is 3. The number of hydrogen-bond acceptors (Lipinski definition) is 3. The van der Waals surface area contributed by atoms with Crippen molar-refractivity contribution in [3.63, 3.8) is 0 Å². The lowest BCUT2D eigenvalue weighted by Gasteiger charge is -2.40. The second-order valence-corrected chi connectivity index (χ2v) is 10.5. The molecule has 4 heteroatoms. The second kappa shape index (κ2) is 4.77. The van der Waals surface area contributed by atoms with E-state index in [2.05, 4.69) is 13.8 Å². The number of aliphatic hydroxyl groups excluding tert-OH is 3. The van der Waals surface area contributed by atoms with Gasteiger partial charge in [0.1, 0.15) is 0 Å². The predicted molar refractivity (Wildman–Crippen MR) is 71.1 cm³/mol. The Labute approximate surface area is 105 Å². The van der Waals surface area contributed by atoms with Crippen LogP contribution in [0.5, 0.6) is 0 Å². The van der Waals surface area contributed by atoms with E-state index in [0.717, 1.165) is 18.0 Å². The van der Waals surface area contributed by atoms with Gasteiger partial charge in [0.15, 0.2) is 19.0 Å². The van der Waals surface area contributed by atoms with Gasteiger partial charge in [-0.05, 0) is 36.5 Å². The maximum atomic E-state index is 9.51. The summed E-state index contributed by atoms with van der Waals surface area (Å²) < 4.78 is 0. The van der Waals surface area contributed by atoms with Crippen LogP contribution in [0.4, 0.5) is 0 Å². The highest BCUT2D eigenvalue weighted by Crippen LogP contribution is 2.66. The molecule has 2 saturated carbocycles. The van der Waals surface area contributed by atoms with Crippen molar-refractivity contribution in [3.8, 4) is 0 Å². The summed E-state index contributed by atoms with van der Waals surface area (Å²) >= 11 is 0. The van der Waals surface area contributed by atoms with E-state index in [1.807, 2.05) is 0 Å². The first-order valence-corrected chi connectivity index (χ1v) is 9.20. The number of hydrogen-bond donors (Lipinski definition) is 3. The minimum atomic E-state index is -1.93. The van der Waals surface area contributed by atoms with Gasteiger partial charge in [-0.3, -0.25) is 0 Å². The molecule has 2 rings (SSSR count). The largest absolute Gasteiger partial charge is 0.362 e. The van der Waals surface area contributed by atoms with Gasteiger partial charge in [-0.15, -0.1) is 0 Å². The van der Waals surface area contributed by atoms with Crippen LogP contribution in [-0.4, -0.2) is 40.5 Å². The Balaban J connectivity index is 2.13. The minimum Gasteiger partial charge on any atom is -0.362 e. The van der Waals surface area contributed by atoms with Crippen LogP contribution in [0.15, 0.2) is 0 Å². The van der Waals surface area contributed by atoms with Crippen LogP contribution in [0.1, 0.15) is 33.1 Å². The molecule has 2 aliphatic carbocycles. The van der Waals surface area contributed by atoms with Crippen molar-refractivity contribution in [3.05, 3.63) is 0 Å². The van der Waals surface area contributed by atoms with Crippen LogP contribution in [-0.2, 0) is 0 Å². The van der Waals surface area contributed by atoms with Crippen molar-refractivity contribution in [2.75, 3.05) is 25.2 Å². The van der Waals surface area contributed by atoms with Gasteiger partial charge in [-0.1, -0.05) is 13.8 Å². The molecule has 0 spiro atoms. The van der Waals surface area contributed by atoms with Crippen molar-refractivity contribution in [2.24, 2.45) is 23.2 Å². The molecule has 3 N–H and O–H groups in total. The van der Waals surface area contributed by atoms with Gasteiger partial charge in [0.05, 0.1) is 13.4 Å². The summed E-state index contributed by atoms with van der Waals surface area (Å²) in [5, 5.41) is 28.5. The lowest BCUT2D eigenvalue weighted by Crippen LogP contribution is -2.35. The topological polar surface area (TPSA) is 60.7 Å². The van der Waals surface area contributed by atoms with E-state index < -0.39 is 7.26 Å². The van der Waals surface area contributed by atoms with Crippen LogP contribution >= 0.6 is 7.26 Å². The smallest absolute Gasteiger partial charge is 0.158 e. The van der Waals surface area contributed by atoms with Gasteiger partial charge in [-0.25, -0.2) is 0 Å². The van der Waals surface area contributed by atoms with E-state index in [1.165, 1.54) is 19.3 Å². The first-order valence-electron chi connectivity index (χ1n) is 6.67. The number of rotatable bonds is 5. The monoisotopic (exact) mass is 261 g/mol. The van der Waals surface area contributed by atoms with Gasteiger partial charge in [0, 0.05) is 5.92 Å². The summed E-state index contributed by atoms with van der Waals surface area (Å²) in [5.74, 6) is 2.16. The predicted octanol–water partition coefficient (Wildman–Crippen LogP) is 1.93. The average Bonchev–Trinajstić information content (AvgIpc) is 2.88. The Morgan fingerprint density at radius 2 is 1.65 bits per heavy atom. The lowest BCUT2D eigenvalue weighted by molar-refractivity contribution is 0.138. The Morgan fingerprint density at radius 1 is 1.06 bits per heavy atom. The van der Waals surface area contributed by atoms with Crippen LogP contribution in [0.25, 0.3) is 0 Å². The summed E-state index contributed by atoms with van der Waals surface area (Å²) in [6, 6.07) is 0. The third-order valence-electron chi connectivity index (χ3n) is 5.53. The molecule has 0 aromatic carbocycles. The number of fused-ring (bicyclic) bond motifs is 2. The Morgan fingerprint density at radius 3 is 2.06 bits per heavy atom. The van der Waals surface area contributed by atoms with Crippen molar-refractivity contribution < 1.29 is 15.3 Å². The zero-order valence-corrected chi connectivity index (χ0v) is 11.9. The maximum absolute atomic E-state index is 9.51. The third kappa shape index (κ3) is 2.16. The molecule has 0 aromatic rings. The van der Waals surface area contributed by atoms with Crippen molar-refractivity contribution >= 4 is 7.26 Å². The highest BCUT2D eigenvalue weighted by Gasteiger charge is 2.56. The van der Waals surface area contributed by atoms with E-state index in [9.17, 15) is 15.3 Å². The van der Waals surface area contributed by atoms with Crippen LogP contribution in [0.2, 0.25) is 0 Å². The van der Waals surface area contributed by atoms with Gasteiger partial charge in [0.2, 0.25) is 0 Å². The molecule has 3 nitrogen and oxygen atoms in total. The van der Waals surface area contributed by atoms with E-state index in [-0.39, 0.29) is 19.0 Å². The Hall–Kier alpha value is 0.310. The van der Waals surface area contributed by atoms with Crippen molar-refractivity contribution in [1.82, 2.24) is 0 Å². The molecule has 3 atom stereocenters. The molecule has 0 amide bonds. The fraction of sp³-hybridized carbons (Fsp3) is 1.00. The molecule has 2 fully saturated rings. The molecule has 0 radical (unpaired) electrons. The van der Waals surface area contributed by atoms with Crippen LogP contribution < -0.4 is 0 Å². The Bertz CT molecular complexity index is 268. The van der Waals surface area contributed by atoms with Crippen molar-refractivity contribution in [2.45, 2.75) is 33.1 Å². The fourth-order valence-corrected chi connectivity index (χ4v) is 6.29. The zero-order valence-electron chi connectivity index (χ0n) is 11.0. The van der Waals surface area contributed by atoms with Crippen LogP contribution in [0.3, 0.4) is 0 Å². The molecule has 2 aliphatic rings. The zero-order chi connectivity index (χ0) is 12.7. The summed E-state index contributed by atoms with van der Waals surface area (Å²) in [6.45, 7) is 4.67. The van der Waals surface area contributed by atoms with E-state index >= 15 is 0 Å². The summed E-state index contributed by atoms with van der Waals surface area (Å²) in [6.07, 6.45) is 4.81. The molecule has 0 heterocycles. The molecule has 17 heavy (non-hydrogen) atoms. The van der Waals surface area contributed by atoms with E-state index in [4.69, 9.17) is 0 Å². The quantitative estimate of drug-likeness (QED) is 0.663. The highest BCUT2D eigenvalue weighted by molar-refractivity contribution is 7.75. The molecule has 2 bridgehead atoms. The molecule has 0 saturated heterocycles. The highest BCUT2D eigenvalue weighted by atomic mass is 31.2. The molecular weight excluding hydrogens is 235 g/mol. The summed E-state index contributed by atoms with van der Waals surface area (Å²) in [4.78, 5) is 0. The normalized spacial score (nSPS) is 35.5. The minimum absolute atomic E-state index is 0.00995. The van der Waals surface area contributed by atoms with E-state index in [0.29, 0.717) is 11.3 Å². The maximum Gasteiger partial charge on any atom is 0.158 e. The SMILES string of the molecule is CC1(C)[C@H]2CC[C@H](C2)[C@H]1C[P+](CO)(CO)CO. The lowest BCUT2D eigenvalue weighted by atomic mass is 9.69. The molecule has 100 valence electrons.